The van der Waals surface area contributed by atoms with Crippen LogP contribution in [-0.4, -0.2) is 65.3 Å². The molecule has 1 aliphatic heterocycles. The molecule has 7 N–H and O–H groups in total. The quantitative estimate of drug-likeness (QED) is 0.341. The molecule has 0 aliphatic carbocycles. The van der Waals surface area contributed by atoms with E-state index in [1.807, 2.05) is 40.3 Å². The Kier molecular flexibility index (Phi) is 7.96. The molecule has 1 unspecified atom stereocenters. The van der Waals surface area contributed by atoms with Crippen LogP contribution in [0.15, 0.2) is 36.4 Å². The molecule has 1 atom stereocenters. The fraction of sp³-hybridized carbons (Fsp3) is 0.400. The van der Waals surface area contributed by atoms with E-state index >= 15 is 0 Å². The van der Waals surface area contributed by atoms with Crippen LogP contribution in [0.3, 0.4) is 0 Å². The number of nitrogens with zero attached hydrogens (tertiary/aromatic N) is 3. The second kappa shape index (κ2) is 10.1. The molecular weight excluding hydrogens is 420 g/mol. The number of nitrogen functional groups attached to an aromatic ring is 2. The maximum atomic E-state index is 8.74. The van der Waals surface area contributed by atoms with Crippen molar-refractivity contribution in [3.63, 3.8) is 0 Å². The zero-order chi connectivity index (χ0) is 23.3. The van der Waals surface area contributed by atoms with Crippen molar-refractivity contribution >= 4 is 38.8 Å². The van der Waals surface area contributed by atoms with Crippen LogP contribution >= 0.6 is 0 Å². The van der Waals surface area contributed by atoms with Crippen LogP contribution in [0, 0.1) is 0 Å². The summed E-state index contributed by atoms with van der Waals surface area (Å²) in [5.74, 6) is 0. The van der Waals surface area contributed by atoms with Gasteiger partial charge in [0.1, 0.15) is 0 Å². The van der Waals surface area contributed by atoms with Crippen molar-refractivity contribution in [2.24, 2.45) is 0 Å². The lowest BCUT2D eigenvalue weighted by Gasteiger charge is -2.40. The maximum absolute atomic E-state index is 8.74. The summed E-state index contributed by atoms with van der Waals surface area (Å²) >= 11 is 0. The molecule has 0 aromatic heterocycles. The van der Waals surface area contributed by atoms with Crippen LogP contribution in [0.1, 0.15) is 11.6 Å². The van der Waals surface area contributed by atoms with E-state index in [2.05, 4.69) is 44.3 Å². The third kappa shape index (κ3) is 6.89. The van der Waals surface area contributed by atoms with Crippen LogP contribution in [0.25, 0.3) is 0 Å². The van der Waals surface area contributed by atoms with Crippen molar-refractivity contribution in [2.75, 3.05) is 74.0 Å². The second-order valence-electron chi connectivity index (χ2n) is 7.71. The van der Waals surface area contributed by atoms with Crippen molar-refractivity contribution in [1.29, 1.82) is 0 Å². The molecule has 1 saturated heterocycles. The van der Waals surface area contributed by atoms with Crippen molar-refractivity contribution in [3.05, 3.63) is 42.0 Å². The highest BCUT2D eigenvalue weighted by Gasteiger charge is 2.27. The van der Waals surface area contributed by atoms with Crippen LogP contribution in [-0.2, 0) is 10.4 Å². The van der Waals surface area contributed by atoms with Crippen LogP contribution < -0.4 is 31.5 Å². The number of benzene rings is 2. The standard InChI is InChI=1S/C20H30N6.H2O4S/c1-24(2)14-5-7-17(21)16(11-14)20-13-23-9-10-26(20)19-12-15(25(3)4)6-8-18(19)22;1-5(2,3)4/h5-8,11-12,20,23H,9-10,13,21-22H2,1-4H3;(H2,1,2,3,4). The summed E-state index contributed by atoms with van der Waals surface area (Å²) < 4.78 is 31.6. The van der Waals surface area contributed by atoms with Crippen molar-refractivity contribution in [1.82, 2.24) is 5.32 Å². The minimum Gasteiger partial charge on any atom is -0.398 e. The molecular formula is C20H32N6O4S. The molecule has 1 aliphatic rings. The molecule has 0 bridgehead atoms. The Balaban J connectivity index is 0.000000614. The first-order valence-electron chi connectivity index (χ1n) is 9.69. The number of hydrogen-bond donors (Lipinski definition) is 5. The van der Waals surface area contributed by atoms with E-state index < -0.39 is 10.4 Å². The lowest BCUT2D eigenvalue weighted by atomic mass is 9.99. The van der Waals surface area contributed by atoms with Gasteiger partial charge in [0.25, 0.3) is 0 Å². The average molecular weight is 453 g/mol. The molecule has 31 heavy (non-hydrogen) atoms. The van der Waals surface area contributed by atoms with Gasteiger partial charge < -0.3 is 31.5 Å². The Morgan fingerprint density at radius 2 is 1.48 bits per heavy atom. The molecule has 1 fully saturated rings. The van der Waals surface area contributed by atoms with E-state index in [1.165, 1.54) is 0 Å². The SMILES string of the molecule is CN(C)c1ccc(N)c(C2CNCCN2c2cc(N(C)C)ccc2N)c1.O=S(=O)(O)O. The van der Waals surface area contributed by atoms with Crippen LogP contribution in [0.4, 0.5) is 28.4 Å². The number of piperazine rings is 1. The summed E-state index contributed by atoms with van der Waals surface area (Å²) in [5.41, 5.74) is 18.8. The highest BCUT2D eigenvalue weighted by atomic mass is 32.3. The van der Waals surface area contributed by atoms with E-state index in [-0.39, 0.29) is 6.04 Å². The van der Waals surface area contributed by atoms with Crippen molar-refractivity contribution in [2.45, 2.75) is 6.04 Å². The predicted octanol–water partition coefficient (Wildman–Crippen LogP) is 1.48. The maximum Gasteiger partial charge on any atom is 0.394 e. The normalized spacial score (nSPS) is 16.3. The zero-order valence-electron chi connectivity index (χ0n) is 18.3. The van der Waals surface area contributed by atoms with Crippen molar-refractivity contribution < 1.29 is 17.5 Å². The topological polar surface area (TPSA) is 148 Å². The number of anilines is 5. The van der Waals surface area contributed by atoms with Gasteiger partial charge in [-0.1, -0.05) is 0 Å². The molecule has 3 rings (SSSR count). The number of nitrogens with one attached hydrogen (secondary N) is 1. The molecule has 0 saturated carbocycles. The summed E-state index contributed by atoms with van der Waals surface area (Å²) in [6, 6.07) is 12.6. The van der Waals surface area contributed by atoms with Gasteiger partial charge in [0.15, 0.2) is 0 Å². The van der Waals surface area contributed by atoms with E-state index in [4.69, 9.17) is 29.0 Å². The fourth-order valence-electron chi connectivity index (χ4n) is 3.46. The summed E-state index contributed by atoms with van der Waals surface area (Å²) in [6.07, 6.45) is 0. The first-order chi connectivity index (χ1) is 14.4. The van der Waals surface area contributed by atoms with Gasteiger partial charge in [-0.25, -0.2) is 0 Å². The predicted molar refractivity (Wildman–Crippen MR) is 127 cm³/mol. The lowest BCUT2D eigenvalue weighted by molar-refractivity contribution is 0.381. The van der Waals surface area contributed by atoms with Crippen LogP contribution in [0.2, 0.25) is 0 Å². The summed E-state index contributed by atoms with van der Waals surface area (Å²) in [4.78, 5) is 6.58. The number of nitrogens with two attached hydrogens (primary N) is 2. The van der Waals surface area contributed by atoms with Gasteiger partial charge in [0, 0.05) is 70.5 Å². The zero-order valence-corrected chi connectivity index (χ0v) is 19.1. The third-order valence-corrected chi connectivity index (χ3v) is 5.03. The fourth-order valence-corrected chi connectivity index (χ4v) is 3.46. The van der Waals surface area contributed by atoms with Gasteiger partial charge >= 0.3 is 10.4 Å². The molecule has 10 nitrogen and oxygen atoms in total. The molecule has 2 aromatic rings. The molecule has 0 radical (unpaired) electrons. The first kappa shape index (κ1) is 24.5. The molecule has 172 valence electrons. The smallest absolute Gasteiger partial charge is 0.394 e. The average Bonchev–Trinajstić information content (AvgIpc) is 2.67. The van der Waals surface area contributed by atoms with E-state index in [0.29, 0.717) is 0 Å². The van der Waals surface area contributed by atoms with E-state index in [0.717, 1.165) is 53.6 Å². The lowest BCUT2D eigenvalue weighted by Crippen LogP contribution is -2.46. The Morgan fingerprint density at radius 1 is 0.968 bits per heavy atom. The first-order valence-corrected chi connectivity index (χ1v) is 11.1. The minimum absolute atomic E-state index is 0.142. The van der Waals surface area contributed by atoms with Gasteiger partial charge in [-0.3, -0.25) is 9.11 Å². The van der Waals surface area contributed by atoms with Gasteiger partial charge in [-0.05, 0) is 36.4 Å². The molecule has 2 aromatic carbocycles. The Bertz CT molecular complexity index is 924. The van der Waals surface area contributed by atoms with Gasteiger partial charge in [0.2, 0.25) is 0 Å². The second-order valence-corrected chi connectivity index (χ2v) is 8.60. The largest absolute Gasteiger partial charge is 0.398 e. The highest BCUT2D eigenvalue weighted by molar-refractivity contribution is 7.79. The number of hydrogen-bond acceptors (Lipinski definition) is 8. The van der Waals surface area contributed by atoms with E-state index in [9.17, 15) is 0 Å². The molecule has 1 heterocycles. The third-order valence-electron chi connectivity index (χ3n) is 5.03. The summed E-state index contributed by atoms with van der Waals surface area (Å²) in [7, 11) is 3.52. The van der Waals surface area contributed by atoms with Gasteiger partial charge in [0.05, 0.1) is 17.4 Å². The summed E-state index contributed by atoms with van der Waals surface area (Å²) in [5, 5.41) is 3.50. The molecule has 11 heteroatoms. The Hall–Kier alpha value is -2.73. The van der Waals surface area contributed by atoms with Gasteiger partial charge in [-0.15, -0.1) is 0 Å². The highest BCUT2D eigenvalue weighted by Crippen LogP contribution is 2.37. The Morgan fingerprint density at radius 3 is 2.03 bits per heavy atom. The van der Waals surface area contributed by atoms with E-state index in [1.54, 1.807) is 0 Å². The molecule has 0 spiro atoms. The molecule has 0 amide bonds. The minimum atomic E-state index is -4.67. The Labute approximate surface area is 184 Å². The van der Waals surface area contributed by atoms with Crippen molar-refractivity contribution in [3.8, 4) is 0 Å². The van der Waals surface area contributed by atoms with Crippen LogP contribution in [0.5, 0.6) is 0 Å². The monoisotopic (exact) mass is 452 g/mol. The number of rotatable bonds is 4. The summed E-state index contributed by atoms with van der Waals surface area (Å²) in [6.45, 7) is 2.65. The van der Waals surface area contributed by atoms with Gasteiger partial charge in [-0.2, -0.15) is 8.42 Å².